The molecule has 0 spiro atoms. The Kier molecular flexibility index (Phi) is 9.82. The molecule has 214 valence electrons. The first-order valence-electron chi connectivity index (χ1n) is 12.6. The van der Waals surface area contributed by atoms with E-state index in [9.17, 15) is 22.8 Å². The van der Waals surface area contributed by atoms with Crippen molar-refractivity contribution in [1.82, 2.24) is 24.8 Å². The Bertz CT molecular complexity index is 1350. The van der Waals surface area contributed by atoms with Crippen molar-refractivity contribution in [3.8, 4) is 0 Å². The van der Waals surface area contributed by atoms with Gasteiger partial charge < -0.3 is 9.64 Å². The van der Waals surface area contributed by atoms with Gasteiger partial charge in [-0.25, -0.2) is 15.0 Å². The van der Waals surface area contributed by atoms with Crippen LogP contribution in [0.25, 0.3) is 0 Å². The molecule has 9 nitrogen and oxygen atoms in total. The number of carbonyl (C=O) groups is 2. The SMILES string of the molecule is COCCN1CCN(c2cc(C(=O)C[C@H](C)c3ncc(C(=O)Cc4cc(C(F)(F)F)c(Cl)cn4)s3)ncn2)CC1. The zero-order chi connectivity index (χ0) is 28.9. The monoisotopic (exact) mass is 596 g/mol. The second-order valence-corrected chi connectivity index (χ2v) is 10.9. The number of ether oxygens (including phenoxy) is 1. The second-order valence-electron chi connectivity index (χ2n) is 9.43. The van der Waals surface area contributed by atoms with Gasteiger partial charge in [0.05, 0.1) is 33.5 Å². The van der Waals surface area contributed by atoms with E-state index in [2.05, 4.69) is 29.7 Å². The van der Waals surface area contributed by atoms with Crippen molar-refractivity contribution in [2.24, 2.45) is 0 Å². The number of piperazine rings is 1. The molecule has 1 aliphatic rings. The molecule has 4 rings (SSSR count). The Morgan fingerprint density at radius 2 is 1.82 bits per heavy atom. The fourth-order valence-electron chi connectivity index (χ4n) is 4.26. The van der Waals surface area contributed by atoms with Crippen molar-refractivity contribution in [2.75, 3.05) is 51.3 Å². The highest BCUT2D eigenvalue weighted by Gasteiger charge is 2.34. The quantitative estimate of drug-likeness (QED) is 0.295. The summed E-state index contributed by atoms with van der Waals surface area (Å²) in [7, 11) is 1.68. The van der Waals surface area contributed by atoms with E-state index in [4.69, 9.17) is 16.3 Å². The Hall–Kier alpha value is -3.00. The summed E-state index contributed by atoms with van der Waals surface area (Å²) in [4.78, 5) is 47.1. The highest BCUT2D eigenvalue weighted by atomic mass is 35.5. The number of rotatable bonds is 11. The van der Waals surface area contributed by atoms with E-state index in [0.29, 0.717) is 23.1 Å². The van der Waals surface area contributed by atoms with E-state index >= 15 is 0 Å². The van der Waals surface area contributed by atoms with E-state index in [-0.39, 0.29) is 35.1 Å². The molecule has 0 amide bonds. The lowest BCUT2D eigenvalue weighted by molar-refractivity contribution is -0.137. The summed E-state index contributed by atoms with van der Waals surface area (Å²) >= 11 is 6.71. The molecule has 1 saturated heterocycles. The smallest absolute Gasteiger partial charge is 0.383 e. The zero-order valence-corrected chi connectivity index (χ0v) is 23.5. The van der Waals surface area contributed by atoms with Crippen molar-refractivity contribution in [3.05, 3.63) is 62.7 Å². The van der Waals surface area contributed by atoms with E-state index in [0.717, 1.165) is 56.3 Å². The fraction of sp³-hybridized carbons (Fsp3) is 0.462. The Balaban J connectivity index is 1.35. The van der Waals surface area contributed by atoms with Crippen molar-refractivity contribution in [1.29, 1.82) is 0 Å². The fourth-order valence-corrected chi connectivity index (χ4v) is 5.37. The molecule has 3 aromatic rings. The van der Waals surface area contributed by atoms with E-state index in [1.807, 2.05) is 6.92 Å². The molecular weight excluding hydrogens is 569 g/mol. The molecule has 1 fully saturated rings. The maximum absolute atomic E-state index is 13.1. The third kappa shape index (κ3) is 7.59. The van der Waals surface area contributed by atoms with Gasteiger partial charge in [-0.15, -0.1) is 11.3 Å². The third-order valence-electron chi connectivity index (χ3n) is 6.52. The molecule has 3 aromatic heterocycles. The zero-order valence-electron chi connectivity index (χ0n) is 21.9. The number of pyridine rings is 1. The number of Topliss-reactive ketones (excluding diaryl/α,β-unsaturated/α-hetero) is 2. The first-order valence-corrected chi connectivity index (χ1v) is 13.8. The number of alkyl halides is 3. The first-order chi connectivity index (χ1) is 19.0. The Morgan fingerprint density at radius 1 is 1.07 bits per heavy atom. The molecule has 0 radical (unpaired) electrons. The lowest BCUT2D eigenvalue weighted by Crippen LogP contribution is -2.47. The van der Waals surface area contributed by atoms with Crippen LogP contribution in [0.5, 0.6) is 0 Å². The van der Waals surface area contributed by atoms with Gasteiger partial charge in [-0.3, -0.25) is 19.5 Å². The molecule has 40 heavy (non-hydrogen) atoms. The van der Waals surface area contributed by atoms with Crippen LogP contribution < -0.4 is 4.90 Å². The van der Waals surface area contributed by atoms with Crippen LogP contribution in [-0.2, 0) is 17.3 Å². The summed E-state index contributed by atoms with van der Waals surface area (Å²) in [6.07, 6.45) is -1.21. The van der Waals surface area contributed by atoms with Crippen LogP contribution in [-0.4, -0.2) is 82.8 Å². The van der Waals surface area contributed by atoms with E-state index in [1.54, 1.807) is 13.2 Å². The Morgan fingerprint density at radius 3 is 2.52 bits per heavy atom. The summed E-state index contributed by atoms with van der Waals surface area (Å²) in [5, 5.41) is 0.0387. The van der Waals surface area contributed by atoms with Crippen LogP contribution in [0.15, 0.2) is 30.9 Å². The molecule has 0 saturated carbocycles. The van der Waals surface area contributed by atoms with Gasteiger partial charge in [0.25, 0.3) is 0 Å². The molecule has 0 bridgehead atoms. The minimum absolute atomic E-state index is 0.0455. The number of thiazole rings is 1. The topological polar surface area (TPSA) is 101 Å². The summed E-state index contributed by atoms with van der Waals surface area (Å²) in [6.45, 7) is 6.68. The highest BCUT2D eigenvalue weighted by molar-refractivity contribution is 7.13. The van der Waals surface area contributed by atoms with Gasteiger partial charge >= 0.3 is 6.18 Å². The number of nitrogens with zero attached hydrogens (tertiary/aromatic N) is 6. The summed E-state index contributed by atoms with van der Waals surface area (Å²) in [6, 6.07) is 2.48. The molecule has 1 atom stereocenters. The highest BCUT2D eigenvalue weighted by Crippen LogP contribution is 2.35. The maximum Gasteiger partial charge on any atom is 0.417 e. The van der Waals surface area contributed by atoms with Crippen LogP contribution in [0.2, 0.25) is 5.02 Å². The molecule has 4 heterocycles. The predicted octanol–water partition coefficient (Wildman–Crippen LogP) is 4.57. The summed E-state index contributed by atoms with van der Waals surface area (Å²) in [5.41, 5.74) is -0.780. The number of anilines is 1. The van der Waals surface area contributed by atoms with Crippen LogP contribution >= 0.6 is 22.9 Å². The number of hydrogen-bond donors (Lipinski definition) is 0. The van der Waals surface area contributed by atoms with Crippen LogP contribution in [0.1, 0.15) is 55.7 Å². The molecule has 1 aliphatic heterocycles. The third-order valence-corrected chi connectivity index (χ3v) is 8.09. The molecule has 0 unspecified atom stereocenters. The van der Waals surface area contributed by atoms with Gasteiger partial charge in [0, 0.05) is 76.3 Å². The number of aromatic nitrogens is 4. The van der Waals surface area contributed by atoms with E-state index in [1.165, 1.54) is 12.5 Å². The van der Waals surface area contributed by atoms with Crippen molar-refractivity contribution in [2.45, 2.75) is 31.9 Å². The standard InChI is InChI=1S/C26H28ClF3N6O3S/c1-16(9-21(37)20-12-24(34-15-33-20)36-5-3-35(4-6-36)7-8-39-2)25-32-14-23(40-25)22(38)11-17-10-18(26(28,29)30)19(27)13-31-17/h10,12-16H,3-9,11H2,1-2H3/t16-/m0/s1. The van der Waals surface area contributed by atoms with Crippen LogP contribution in [0.3, 0.4) is 0 Å². The van der Waals surface area contributed by atoms with Crippen LogP contribution in [0, 0.1) is 0 Å². The molecule has 0 aliphatic carbocycles. The lowest BCUT2D eigenvalue weighted by Gasteiger charge is -2.35. The minimum atomic E-state index is -4.65. The number of carbonyl (C=O) groups excluding carboxylic acids is 2. The van der Waals surface area contributed by atoms with Gasteiger partial charge in [-0.2, -0.15) is 13.2 Å². The van der Waals surface area contributed by atoms with Gasteiger partial charge in [-0.1, -0.05) is 18.5 Å². The van der Waals surface area contributed by atoms with Crippen molar-refractivity contribution < 1.29 is 27.5 Å². The average Bonchev–Trinajstić information content (AvgIpc) is 3.44. The first kappa shape index (κ1) is 30.0. The normalized spacial score (nSPS) is 15.3. The number of hydrogen-bond acceptors (Lipinski definition) is 10. The largest absolute Gasteiger partial charge is 0.417 e. The number of ketones is 2. The molecule has 14 heteroatoms. The lowest BCUT2D eigenvalue weighted by atomic mass is 10.0. The number of halogens is 4. The van der Waals surface area contributed by atoms with E-state index < -0.39 is 22.5 Å². The second kappa shape index (κ2) is 13.1. The van der Waals surface area contributed by atoms with Gasteiger partial charge in [-0.05, 0) is 6.07 Å². The van der Waals surface area contributed by atoms with Crippen molar-refractivity contribution in [3.63, 3.8) is 0 Å². The summed E-state index contributed by atoms with van der Waals surface area (Å²) < 4.78 is 44.5. The average molecular weight is 597 g/mol. The summed E-state index contributed by atoms with van der Waals surface area (Å²) in [5.74, 6) is -0.202. The molecular formula is C26H28ClF3N6O3S. The van der Waals surface area contributed by atoms with Crippen LogP contribution in [0.4, 0.5) is 19.0 Å². The minimum Gasteiger partial charge on any atom is -0.383 e. The maximum atomic E-state index is 13.1. The predicted molar refractivity (Wildman–Crippen MR) is 144 cm³/mol. The van der Waals surface area contributed by atoms with Gasteiger partial charge in [0.1, 0.15) is 17.8 Å². The molecule has 0 aromatic carbocycles. The van der Waals surface area contributed by atoms with Crippen molar-refractivity contribution >= 4 is 40.3 Å². The molecule has 0 N–H and O–H groups in total. The number of methoxy groups -OCH3 is 1. The van der Waals surface area contributed by atoms with Gasteiger partial charge in [0.2, 0.25) is 0 Å². The Labute approximate surface area is 238 Å². The van der Waals surface area contributed by atoms with Gasteiger partial charge in [0.15, 0.2) is 11.6 Å².